The summed E-state index contributed by atoms with van der Waals surface area (Å²) in [6, 6.07) is 23.8. The van der Waals surface area contributed by atoms with Crippen LogP contribution in [0.1, 0.15) is 22.8 Å². The van der Waals surface area contributed by atoms with Crippen molar-refractivity contribution in [3.63, 3.8) is 0 Å². The number of anilines is 1. The molecular formula is C24H21ClN2O. The Kier molecular flexibility index (Phi) is 4.93. The standard InChI is InChI=1S/C24H21ClN2O/c1-3-27-22-13-12-19(26-24(28)20-6-4-5-7-21(20)25)14-18(22)15-23(27)17-10-8-16(2)9-11-17/h4-15H,3H2,1-2H3,(H,26,28). The minimum atomic E-state index is -0.210. The lowest BCUT2D eigenvalue weighted by atomic mass is 10.1. The third-order valence-corrected chi connectivity index (χ3v) is 5.27. The summed E-state index contributed by atoms with van der Waals surface area (Å²) in [7, 11) is 0. The predicted molar refractivity (Wildman–Crippen MR) is 117 cm³/mol. The monoisotopic (exact) mass is 388 g/mol. The molecule has 0 bridgehead atoms. The number of carbonyl (C=O) groups is 1. The highest BCUT2D eigenvalue weighted by Gasteiger charge is 2.13. The number of amides is 1. The van der Waals surface area contributed by atoms with Crippen LogP contribution in [-0.2, 0) is 6.54 Å². The van der Waals surface area contributed by atoms with Crippen molar-refractivity contribution < 1.29 is 4.79 Å². The number of rotatable bonds is 4. The summed E-state index contributed by atoms with van der Waals surface area (Å²) < 4.78 is 2.29. The first-order valence-electron chi connectivity index (χ1n) is 9.33. The topological polar surface area (TPSA) is 34.0 Å². The van der Waals surface area contributed by atoms with Crippen LogP contribution < -0.4 is 5.32 Å². The zero-order chi connectivity index (χ0) is 19.7. The van der Waals surface area contributed by atoms with Gasteiger partial charge in [-0.2, -0.15) is 0 Å². The molecule has 0 saturated heterocycles. The highest BCUT2D eigenvalue weighted by molar-refractivity contribution is 6.34. The van der Waals surface area contributed by atoms with Gasteiger partial charge in [-0.1, -0.05) is 53.6 Å². The van der Waals surface area contributed by atoms with Gasteiger partial charge >= 0.3 is 0 Å². The van der Waals surface area contributed by atoms with Gasteiger partial charge in [-0.3, -0.25) is 4.79 Å². The summed E-state index contributed by atoms with van der Waals surface area (Å²) in [5.74, 6) is -0.210. The van der Waals surface area contributed by atoms with Gasteiger partial charge in [-0.25, -0.2) is 0 Å². The van der Waals surface area contributed by atoms with E-state index in [0.717, 1.165) is 23.1 Å². The molecule has 0 fully saturated rings. The second-order valence-electron chi connectivity index (χ2n) is 6.85. The predicted octanol–water partition coefficient (Wildman–Crippen LogP) is 6.54. The maximum absolute atomic E-state index is 12.6. The number of hydrogen-bond donors (Lipinski definition) is 1. The van der Waals surface area contributed by atoms with Crippen LogP contribution in [0, 0.1) is 6.92 Å². The fraction of sp³-hybridized carbons (Fsp3) is 0.125. The number of halogens is 1. The van der Waals surface area contributed by atoms with Gasteiger partial charge in [-0.05, 0) is 55.8 Å². The first-order valence-corrected chi connectivity index (χ1v) is 9.71. The lowest BCUT2D eigenvalue weighted by Gasteiger charge is -2.09. The minimum Gasteiger partial charge on any atom is -0.341 e. The number of aryl methyl sites for hydroxylation is 2. The summed E-state index contributed by atoms with van der Waals surface area (Å²) in [6.45, 7) is 5.11. The SMILES string of the molecule is CCn1c(-c2ccc(C)cc2)cc2cc(NC(=O)c3ccccc3Cl)ccc21. The number of carbonyl (C=O) groups excluding carboxylic acids is 1. The second kappa shape index (κ2) is 7.53. The number of fused-ring (bicyclic) bond motifs is 1. The van der Waals surface area contributed by atoms with Crippen molar-refractivity contribution in [1.82, 2.24) is 4.57 Å². The first-order chi connectivity index (χ1) is 13.6. The van der Waals surface area contributed by atoms with Crippen molar-refractivity contribution in [2.24, 2.45) is 0 Å². The molecule has 0 aliphatic carbocycles. The molecule has 0 saturated carbocycles. The van der Waals surface area contributed by atoms with E-state index in [9.17, 15) is 4.79 Å². The first kappa shape index (κ1) is 18.3. The van der Waals surface area contributed by atoms with Crippen molar-refractivity contribution in [3.05, 3.63) is 88.9 Å². The van der Waals surface area contributed by atoms with Gasteiger partial charge in [0.05, 0.1) is 10.6 Å². The van der Waals surface area contributed by atoms with Gasteiger partial charge in [0, 0.05) is 28.8 Å². The van der Waals surface area contributed by atoms with Crippen LogP contribution in [0.4, 0.5) is 5.69 Å². The lowest BCUT2D eigenvalue weighted by molar-refractivity contribution is 0.102. The van der Waals surface area contributed by atoms with E-state index in [1.54, 1.807) is 18.2 Å². The molecule has 1 N–H and O–H groups in total. The third kappa shape index (κ3) is 3.41. The molecule has 1 heterocycles. The number of nitrogens with zero attached hydrogens (tertiary/aromatic N) is 1. The Labute approximate surface area is 169 Å². The normalized spacial score (nSPS) is 11.0. The van der Waals surface area contributed by atoms with E-state index in [1.165, 1.54) is 16.8 Å². The van der Waals surface area contributed by atoms with Crippen molar-refractivity contribution in [3.8, 4) is 11.3 Å². The van der Waals surface area contributed by atoms with E-state index < -0.39 is 0 Å². The van der Waals surface area contributed by atoms with E-state index in [1.807, 2.05) is 18.2 Å². The fourth-order valence-corrected chi connectivity index (χ4v) is 3.72. The Hall–Kier alpha value is -3.04. The number of aromatic nitrogens is 1. The molecular weight excluding hydrogens is 368 g/mol. The van der Waals surface area contributed by atoms with Crippen LogP contribution in [0.3, 0.4) is 0 Å². The zero-order valence-electron chi connectivity index (χ0n) is 15.9. The molecule has 4 rings (SSSR count). The quantitative estimate of drug-likeness (QED) is 0.423. The molecule has 0 spiro atoms. The average Bonchev–Trinajstić information content (AvgIpc) is 3.06. The fourth-order valence-electron chi connectivity index (χ4n) is 3.50. The molecule has 4 aromatic rings. The van der Waals surface area contributed by atoms with E-state index >= 15 is 0 Å². The van der Waals surface area contributed by atoms with Crippen molar-refractivity contribution in [1.29, 1.82) is 0 Å². The van der Waals surface area contributed by atoms with Crippen LogP contribution in [0.25, 0.3) is 22.2 Å². The summed E-state index contributed by atoms with van der Waals surface area (Å²) in [5, 5.41) is 4.49. The Morgan fingerprint density at radius 2 is 1.75 bits per heavy atom. The molecule has 0 aliphatic rings. The van der Waals surface area contributed by atoms with Crippen LogP contribution >= 0.6 is 11.6 Å². The molecule has 0 radical (unpaired) electrons. The summed E-state index contributed by atoms with van der Waals surface area (Å²) in [6.07, 6.45) is 0. The molecule has 3 aromatic carbocycles. The Bertz CT molecular complexity index is 1160. The number of nitrogens with one attached hydrogen (secondary N) is 1. The third-order valence-electron chi connectivity index (χ3n) is 4.94. The van der Waals surface area contributed by atoms with Gasteiger partial charge in [-0.15, -0.1) is 0 Å². The number of hydrogen-bond acceptors (Lipinski definition) is 1. The molecule has 140 valence electrons. The Balaban J connectivity index is 1.70. The zero-order valence-corrected chi connectivity index (χ0v) is 16.6. The second-order valence-corrected chi connectivity index (χ2v) is 7.25. The highest BCUT2D eigenvalue weighted by Crippen LogP contribution is 2.30. The van der Waals surface area contributed by atoms with Crippen LogP contribution in [-0.4, -0.2) is 10.5 Å². The van der Waals surface area contributed by atoms with E-state index in [-0.39, 0.29) is 5.91 Å². The molecule has 1 aromatic heterocycles. The maximum atomic E-state index is 12.6. The molecule has 0 unspecified atom stereocenters. The molecule has 4 heteroatoms. The summed E-state index contributed by atoms with van der Waals surface area (Å²) in [5.41, 5.74) is 5.97. The Morgan fingerprint density at radius 3 is 2.46 bits per heavy atom. The van der Waals surface area contributed by atoms with Crippen LogP contribution in [0.15, 0.2) is 72.8 Å². The minimum absolute atomic E-state index is 0.210. The summed E-state index contributed by atoms with van der Waals surface area (Å²) >= 11 is 6.14. The summed E-state index contributed by atoms with van der Waals surface area (Å²) in [4.78, 5) is 12.6. The molecule has 3 nitrogen and oxygen atoms in total. The highest BCUT2D eigenvalue weighted by atomic mass is 35.5. The van der Waals surface area contributed by atoms with Gasteiger partial charge in [0.2, 0.25) is 0 Å². The van der Waals surface area contributed by atoms with E-state index in [2.05, 4.69) is 60.1 Å². The van der Waals surface area contributed by atoms with Crippen molar-refractivity contribution in [2.45, 2.75) is 20.4 Å². The van der Waals surface area contributed by atoms with E-state index in [0.29, 0.717) is 10.6 Å². The van der Waals surface area contributed by atoms with Gasteiger partial charge in [0.1, 0.15) is 0 Å². The van der Waals surface area contributed by atoms with E-state index in [4.69, 9.17) is 11.6 Å². The molecule has 0 aliphatic heterocycles. The molecule has 0 atom stereocenters. The van der Waals surface area contributed by atoms with Crippen LogP contribution in [0.2, 0.25) is 5.02 Å². The Morgan fingerprint density at radius 1 is 1.00 bits per heavy atom. The molecule has 1 amide bonds. The van der Waals surface area contributed by atoms with Gasteiger partial charge in [0.15, 0.2) is 0 Å². The van der Waals surface area contributed by atoms with Crippen LogP contribution in [0.5, 0.6) is 0 Å². The van der Waals surface area contributed by atoms with Gasteiger partial charge in [0.25, 0.3) is 5.91 Å². The average molecular weight is 389 g/mol. The molecule has 28 heavy (non-hydrogen) atoms. The smallest absolute Gasteiger partial charge is 0.257 e. The van der Waals surface area contributed by atoms with Crippen molar-refractivity contribution in [2.75, 3.05) is 5.32 Å². The van der Waals surface area contributed by atoms with Crippen molar-refractivity contribution >= 4 is 34.1 Å². The lowest BCUT2D eigenvalue weighted by Crippen LogP contribution is -2.12. The maximum Gasteiger partial charge on any atom is 0.257 e. The largest absolute Gasteiger partial charge is 0.341 e. The van der Waals surface area contributed by atoms with Gasteiger partial charge < -0.3 is 9.88 Å². The number of benzene rings is 3.